The minimum absolute atomic E-state index is 0.172. The first-order valence-corrected chi connectivity index (χ1v) is 24.7. The second-order valence-corrected chi connectivity index (χ2v) is 17.9. The maximum Gasteiger partial charge on any atom is 0.306 e. The number of ether oxygens (including phenoxy) is 4. The Morgan fingerprint density at radius 2 is 0.895 bits per heavy atom. The zero-order chi connectivity index (χ0) is 42.0. The summed E-state index contributed by atoms with van der Waals surface area (Å²) in [6.45, 7) is 3.78. The fourth-order valence-corrected chi connectivity index (χ4v) is 8.02. The summed E-state index contributed by atoms with van der Waals surface area (Å²) in [5.41, 5.74) is 0. The molecule has 4 N–H and O–H groups in total. The standard InChI is InChI=1S/C44H84O12S/c1-3-5-7-9-11-13-15-17-18-19-21-23-25-27-29-31-33-40(46)55-37(35-54-44-43(49)42(48)41(47)38(56-44)36-57(50,51)52)34-53-39(45)32-30-28-26-24-22-20-16-14-12-10-8-6-4-2/h37-38,41-44,47-49H,3-36H2,1-2H3,(H,50,51,52). The molecule has 1 rings (SSSR count). The molecule has 0 aliphatic carbocycles. The van der Waals surface area contributed by atoms with E-state index in [0.29, 0.717) is 12.8 Å². The van der Waals surface area contributed by atoms with Crippen molar-refractivity contribution in [3.63, 3.8) is 0 Å². The number of hydrogen-bond acceptors (Lipinski definition) is 11. The molecule has 0 aromatic rings. The summed E-state index contributed by atoms with van der Waals surface area (Å²) in [7, 11) is -4.60. The molecule has 6 atom stereocenters. The van der Waals surface area contributed by atoms with Gasteiger partial charge in [-0.25, -0.2) is 0 Å². The lowest BCUT2D eigenvalue weighted by atomic mass is 10.00. The number of hydrogen-bond donors (Lipinski definition) is 4. The first-order valence-electron chi connectivity index (χ1n) is 23.1. The van der Waals surface area contributed by atoms with Gasteiger partial charge in [-0.3, -0.25) is 14.1 Å². The van der Waals surface area contributed by atoms with Gasteiger partial charge in [0.2, 0.25) is 0 Å². The van der Waals surface area contributed by atoms with E-state index in [4.69, 9.17) is 18.9 Å². The van der Waals surface area contributed by atoms with E-state index in [1.54, 1.807) is 0 Å². The highest BCUT2D eigenvalue weighted by molar-refractivity contribution is 7.85. The van der Waals surface area contributed by atoms with E-state index in [9.17, 15) is 37.9 Å². The summed E-state index contributed by atoms with van der Waals surface area (Å²) in [4.78, 5) is 25.4. The van der Waals surface area contributed by atoms with Gasteiger partial charge in [0.25, 0.3) is 10.1 Å². The van der Waals surface area contributed by atoms with E-state index in [0.717, 1.165) is 38.5 Å². The van der Waals surface area contributed by atoms with Gasteiger partial charge in [0, 0.05) is 12.8 Å². The fraction of sp³-hybridized carbons (Fsp3) is 0.955. The van der Waals surface area contributed by atoms with E-state index >= 15 is 0 Å². The molecule has 0 aromatic heterocycles. The Balaban J connectivity index is 2.42. The molecule has 13 heteroatoms. The lowest BCUT2D eigenvalue weighted by Crippen LogP contribution is -2.60. The number of carbonyl (C=O) groups excluding carboxylic acids is 2. The molecule has 1 heterocycles. The Bertz CT molecular complexity index is 1070. The first kappa shape index (κ1) is 53.7. The molecule has 0 amide bonds. The largest absolute Gasteiger partial charge is 0.462 e. The van der Waals surface area contributed by atoms with Gasteiger partial charge < -0.3 is 34.3 Å². The minimum atomic E-state index is -4.60. The topological polar surface area (TPSA) is 186 Å². The Morgan fingerprint density at radius 3 is 1.28 bits per heavy atom. The molecule has 0 saturated carbocycles. The van der Waals surface area contributed by atoms with Crippen LogP contribution < -0.4 is 0 Å². The van der Waals surface area contributed by atoms with Crippen LogP contribution in [0.4, 0.5) is 0 Å². The van der Waals surface area contributed by atoms with Crippen LogP contribution in [0.2, 0.25) is 0 Å². The number of aliphatic hydroxyl groups excluding tert-OH is 3. The van der Waals surface area contributed by atoms with Crippen LogP contribution in [0, 0.1) is 0 Å². The summed E-state index contributed by atoms with van der Waals surface area (Å²) in [6, 6.07) is 0. The average molecular weight is 837 g/mol. The molecule has 0 radical (unpaired) electrons. The zero-order valence-electron chi connectivity index (χ0n) is 36.0. The van der Waals surface area contributed by atoms with Gasteiger partial charge >= 0.3 is 11.9 Å². The van der Waals surface area contributed by atoms with Crippen LogP contribution in [-0.4, -0.2) is 96.0 Å². The van der Waals surface area contributed by atoms with Crippen molar-refractivity contribution in [2.75, 3.05) is 19.0 Å². The van der Waals surface area contributed by atoms with E-state index in [1.165, 1.54) is 135 Å². The van der Waals surface area contributed by atoms with Crippen LogP contribution in [0.25, 0.3) is 0 Å². The second-order valence-electron chi connectivity index (χ2n) is 16.4. The van der Waals surface area contributed by atoms with E-state index in [1.807, 2.05) is 0 Å². The van der Waals surface area contributed by atoms with Gasteiger partial charge in [-0.05, 0) is 12.8 Å². The molecule has 338 valence electrons. The lowest BCUT2D eigenvalue weighted by Gasteiger charge is -2.40. The summed E-state index contributed by atoms with van der Waals surface area (Å²) >= 11 is 0. The molecule has 12 nitrogen and oxygen atoms in total. The predicted molar refractivity (Wildman–Crippen MR) is 224 cm³/mol. The molecule has 1 aliphatic rings. The molecule has 1 aliphatic heterocycles. The van der Waals surface area contributed by atoms with Gasteiger partial charge in [-0.15, -0.1) is 0 Å². The molecule has 57 heavy (non-hydrogen) atoms. The van der Waals surface area contributed by atoms with Gasteiger partial charge in [-0.2, -0.15) is 8.42 Å². The van der Waals surface area contributed by atoms with Crippen LogP contribution in [0.15, 0.2) is 0 Å². The number of esters is 2. The summed E-state index contributed by atoms with van der Waals surface area (Å²) in [5, 5.41) is 30.9. The lowest BCUT2D eigenvalue weighted by molar-refractivity contribution is -0.297. The maximum absolute atomic E-state index is 12.8. The van der Waals surface area contributed by atoms with Crippen molar-refractivity contribution < 1.29 is 56.8 Å². The van der Waals surface area contributed by atoms with E-state index in [2.05, 4.69) is 13.8 Å². The maximum atomic E-state index is 12.8. The molecular formula is C44H84O12S. The first-order chi connectivity index (χ1) is 27.5. The molecule has 0 aromatic carbocycles. The number of rotatable bonds is 39. The summed E-state index contributed by atoms with van der Waals surface area (Å²) in [6.07, 6.45) is 25.7. The van der Waals surface area contributed by atoms with Crippen LogP contribution >= 0.6 is 0 Å². The monoisotopic (exact) mass is 837 g/mol. The summed E-state index contributed by atoms with van der Waals surface area (Å²) < 4.78 is 54.1. The van der Waals surface area contributed by atoms with Crippen molar-refractivity contribution >= 4 is 22.1 Å². The quantitative estimate of drug-likeness (QED) is 0.0262. The molecule has 0 bridgehead atoms. The Kier molecular flexibility index (Phi) is 33.3. The van der Waals surface area contributed by atoms with E-state index < -0.39 is 71.2 Å². The third kappa shape index (κ3) is 30.4. The average Bonchev–Trinajstić information content (AvgIpc) is 3.17. The van der Waals surface area contributed by atoms with Crippen molar-refractivity contribution in [1.29, 1.82) is 0 Å². The fourth-order valence-electron chi connectivity index (χ4n) is 7.33. The van der Waals surface area contributed by atoms with Crippen molar-refractivity contribution in [3.05, 3.63) is 0 Å². The van der Waals surface area contributed by atoms with Crippen molar-refractivity contribution in [3.8, 4) is 0 Å². The number of unbranched alkanes of at least 4 members (excludes halogenated alkanes) is 27. The number of carbonyl (C=O) groups is 2. The summed E-state index contributed by atoms with van der Waals surface area (Å²) in [5.74, 6) is -1.96. The highest BCUT2D eigenvalue weighted by Crippen LogP contribution is 2.24. The van der Waals surface area contributed by atoms with Gasteiger partial charge in [0.05, 0.1) is 6.61 Å². The van der Waals surface area contributed by atoms with Crippen LogP contribution in [0.3, 0.4) is 0 Å². The Morgan fingerprint density at radius 1 is 0.526 bits per heavy atom. The molecule has 6 unspecified atom stereocenters. The Hall–Kier alpha value is -1.35. The van der Waals surface area contributed by atoms with Crippen molar-refractivity contribution in [2.45, 2.75) is 250 Å². The zero-order valence-corrected chi connectivity index (χ0v) is 36.8. The third-order valence-corrected chi connectivity index (χ3v) is 11.7. The van der Waals surface area contributed by atoms with Gasteiger partial charge in [-0.1, -0.05) is 187 Å². The SMILES string of the molecule is CCCCCCCCCCCCCCCCCCC(=O)OC(COC(=O)CCCCCCCCCCCCCCC)COC1OC(CS(=O)(=O)O)C(O)C(O)C1O. The van der Waals surface area contributed by atoms with Crippen LogP contribution in [0.5, 0.6) is 0 Å². The smallest absolute Gasteiger partial charge is 0.306 e. The minimum Gasteiger partial charge on any atom is -0.462 e. The van der Waals surface area contributed by atoms with E-state index in [-0.39, 0.29) is 19.4 Å². The van der Waals surface area contributed by atoms with Crippen LogP contribution in [-0.2, 0) is 38.7 Å². The van der Waals surface area contributed by atoms with Crippen molar-refractivity contribution in [1.82, 2.24) is 0 Å². The molecule has 1 saturated heterocycles. The third-order valence-electron chi connectivity index (χ3n) is 10.9. The number of aliphatic hydroxyl groups is 3. The van der Waals surface area contributed by atoms with Crippen molar-refractivity contribution in [2.24, 2.45) is 0 Å². The highest BCUT2D eigenvalue weighted by Gasteiger charge is 2.46. The van der Waals surface area contributed by atoms with Gasteiger partial charge in [0.1, 0.15) is 36.8 Å². The van der Waals surface area contributed by atoms with Crippen LogP contribution in [0.1, 0.15) is 213 Å². The molecule has 1 fully saturated rings. The second kappa shape index (κ2) is 35.4. The molecular weight excluding hydrogens is 753 g/mol. The Labute approximate surface area is 346 Å². The highest BCUT2D eigenvalue weighted by atomic mass is 32.2. The predicted octanol–water partition coefficient (Wildman–Crippen LogP) is 9.29. The van der Waals surface area contributed by atoms with Gasteiger partial charge in [0.15, 0.2) is 12.4 Å². The normalized spacial score (nSPS) is 20.4. The molecule has 0 spiro atoms.